The highest BCUT2D eigenvalue weighted by molar-refractivity contribution is 9.10. The van der Waals surface area contributed by atoms with Gasteiger partial charge in [-0.05, 0) is 41.1 Å². The van der Waals surface area contributed by atoms with Crippen LogP contribution in [0.5, 0.6) is 0 Å². The molecule has 94 valence electrons. The first kappa shape index (κ1) is 13.5. The van der Waals surface area contributed by atoms with E-state index in [1.807, 2.05) is 30.5 Å². The van der Waals surface area contributed by atoms with Gasteiger partial charge in [-0.15, -0.1) is 11.3 Å². The summed E-state index contributed by atoms with van der Waals surface area (Å²) in [5.74, 6) is 0. The van der Waals surface area contributed by atoms with Gasteiger partial charge in [0.25, 0.3) is 0 Å². The van der Waals surface area contributed by atoms with Gasteiger partial charge in [0.05, 0.1) is 6.54 Å². The maximum atomic E-state index is 5.58. The Labute approximate surface area is 124 Å². The fourth-order valence-electron chi connectivity index (χ4n) is 1.47. The van der Waals surface area contributed by atoms with E-state index in [0.29, 0.717) is 11.5 Å². The van der Waals surface area contributed by atoms with Crippen molar-refractivity contribution in [2.75, 3.05) is 5.32 Å². The highest BCUT2D eigenvalue weighted by atomic mass is 79.9. The molecule has 6 heteroatoms. The summed E-state index contributed by atoms with van der Waals surface area (Å²) in [4.78, 5) is 4.80. The van der Waals surface area contributed by atoms with Crippen molar-refractivity contribution in [2.45, 2.75) is 13.5 Å². The summed E-state index contributed by atoms with van der Waals surface area (Å²) < 4.78 is 0.945. The molecule has 0 saturated heterocycles. The number of nitrogens with two attached hydrogens (primary N) is 1. The fourth-order valence-corrected chi connectivity index (χ4v) is 2.82. The number of anilines is 1. The molecule has 18 heavy (non-hydrogen) atoms. The lowest BCUT2D eigenvalue weighted by atomic mass is 10.2. The normalized spacial score (nSPS) is 10.3. The molecule has 0 spiro atoms. The standard InChI is InChI=1S/C12H12BrN3S2/c1-7-6-18-11(16-7)5-15-10-3-2-8(12(14)17)4-9(10)13/h2-4,6,15H,5H2,1H3,(H2,14,17). The molecule has 2 aromatic rings. The Morgan fingerprint density at radius 1 is 1.56 bits per heavy atom. The Balaban J connectivity index is 2.08. The summed E-state index contributed by atoms with van der Waals surface area (Å²) >= 11 is 10.1. The number of benzene rings is 1. The third-order valence-electron chi connectivity index (χ3n) is 2.35. The minimum absolute atomic E-state index is 0.401. The van der Waals surface area contributed by atoms with Crippen LogP contribution < -0.4 is 11.1 Å². The molecule has 1 heterocycles. The van der Waals surface area contributed by atoms with Crippen molar-refractivity contribution in [3.63, 3.8) is 0 Å². The lowest BCUT2D eigenvalue weighted by Crippen LogP contribution is -2.09. The van der Waals surface area contributed by atoms with E-state index >= 15 is 0 Å². The predicted molar refractivity (Wildman–Crippen MR) is 84.2 cm³/mol. The molecule has 2 rings (SSSR count). The van der Waals surface area contributed by atoms with E-state index in [4.69, 9.17) is 18.0 Å². The molecule has 0 unspecified atom stereocenters. The summed E-state index contributed by atoms with van der Waals surface area (Å²) in [5.41, 5.74) is 8.49. The minimum atomic E-state index is 0.401. The highest BCUT2D eigenvalue weighted by Gasteiger charge is 2.04. The minimum Gasteiger partial charge on any atom is -0.389 e. The van der Waals surface area contributed by atoms with E-state index in [0.717, 1.165) is 26.4 Å². The van der Waals surface area contributed by atoms with E-state index in [9.17, 15) is 0 Å². The van der Waals surface area contributed by atoms with Crippen LogP contribution in [0.25, 0.3) is 0 Å². The van der Waals surface area contributed by atoms with Crippen LogP contribution >= 0.6 is 39.5 Å². The maximum absolute atomic E-state index is 5.58. The number of nitrogens with zero attached hydrogens (tertiary/aromatic N) is 1. The predicted octanol–water partition coefficient (Wildman–Crippen LogP) is 3.46. The molecule has 1 aromatic heterocycles. The molecule has 0 bridgehead atoms. The summed E-state index contributed by atoms with van der Waals surface area (Å²) in [5, 5.41) is 6.44. The smallest absolute Gasteiger partial charge is 0.112 e. The third-order valence-corrected chi connectivity index (χ3v) is 4.21. The van der Waals surface area contributed by atoms with Gasteiger partial charge in [0.1, 0.15) is 10.00 Å². The van der Waals surface area contributed by atoms with Crippen LogP contribution in [0, 0.1) is 6.92 Å². The zero-order chi connectivity index (χ0) is 13.1. The van der Waals surface area contributed by atoms with Crippen molar-refractivity contribution in [1.82, 2.24) is 4.98 Å². The van der Waals surface area contributed by atoms with Crippen molar-refractivity contribution < 1.29 is 0 Å². The van der Waals surface area contributed by atoms with Gasteiger partial charge in [-0.3, -0.25) is 0 Å². The van der Waals surface area contributed by atoms with Crippen LogP contribution in [-0.2, 0) is 6.54 Å². The number of rotatable bonds is 4. The molecular formula is C12H12BrN3S2. The van der Waals surface area contributed by atoms with Crippen LogP contribution in [-0.4, -0.2) is 9.97 Å². The lowest BCUT2D eigenvalue weighted by Gasteiger charge is -2.08. The zero-order valence-corrected chi connectivity index (χ0v) is 13.0. The van der Waals surface area contributed by atoms with Crippen LogP contribution in [0.1, 0.15) is 16.3 Å². The van der Waals surface area contributed by atoms with Crippen LogP contribution in [0.2, 0.25) is 0 Å². The zero-order valence-electron chi connectivity index (χ0n) is 9.74. The van der Waals surface area contributed by atoms with Gasteiger partial charge in [-0.2, -0.15) is 0 Å². The molecule has 0 fully saturated rings. The fraction of sp³-hybridized carbons (Fsp3) is 0.167. The first-order valence-electron chi connectivity index (χ1n) is 5.30. The van der Waals surface area contributed by atoms with Crippen LogP contribution in [0.4, 0.5) is 5.69 Å². The Morgan fingerprint density at radius 3 is 2.89 bits per heavy atom. The largest absolute Gasteiger partial charge is 0.389 e. The second kappa shape index (κ2) is 5.77. The molecule has 0 aliphatic carbocycles. The van der Waals surface area contributed by atoms with Crippen LogP contribution in [0.3, 0.4) is 0 Å². The number of thiazole rings is 1. The Hall–Kier alpha value is -0.980. The number of aromatic nitrogens is 1. The molecule has 0 radical (unpaired) electrons. The maximum Gasteiger partial charge on any atom is 0.112 e. The molecule has 3 N–H and O–H groups in total. The Kier molecular flexibility index (Phi) is 4.31. The number of nitrogens with one attached hydrogen (secondary N) is 1. The molecule has 1 aromatic carbocycles. The van der Waals surface area contributed by atoms with Gasteiger partial charge in [0.2, 0.25) is 0 Å². The molecular weight excluding hydrogens is 330 g/mol. The Morgan fingerprint density at radius 2 is 2.33 bits per heavy atom. The molecule has 0 aliphatic rings. The lowest BCUT2D eigenvalue weighted by molar-refractivity contribution is 1.07. The van der Waals surface area contributed by atoms with E-state index in [1.54, 1.807) is 11.3 Å². The second-order valence-corrected chi connectivity index (χ2v) is 6.03. The van der Waals surface area contributed by atoms with Crippen molar-refractivity contribution in [2.24, 2.45) is 5.73 Å². The van der Waals surface area contributed by atoms with Crippen molar-refractivity contribution in [1.29, 1.82) is 0 Å². The average Bonchev–Trinajstić information content (AvgIpc) is 2.73. The molecule has 0 aliphatic heterocycles. The van der Waals surface area contributed by atoms with Gasteiger partial charge < -0.3 is 11.1 Å². The SMILES string of the molecule is Cc1csc(CNc2ccc(C(N)=S)cc2Br)n1. The number of aryl methyl sites for hydroxylation is 1. The van der Waals surface area contributed by atoms with Crippen LogP contribution in [0.15, 0.2) is 28.1 Å². The van der Waals surface area contributed by atoms with Crippen molar-refractivity contribution >= 4 is 50.2 Å². The Bertz CT molecular complexity index is 580. The topological polar surface area (TPSA) is 50.9 Å². The first-order valence-corrected chi connectivity index (χ1v) is 7.38. The summed E-state index contributed by atoms with van der Waals surface area (Å²) in [6.07, 6.45) is 0. The first-order chi connectivity index (χ1) is 8.56. The summed E-state index contributed by atoms with van der Waals surface area (Å²) in [6.45, 7) is 2.70. The van der Waals surface area contributed by atoms with Crippen molar-refractivity contribution in [3.05, 3.63) is 44.3 Å². The quantitative estimate of drug-likeness (QED) is 0.836. The van der Waals surface area contributed by atoms with E-state index in [2.05, 4.69) is 26.2 Å². The van der Waals surface area contributed by atoms with Crippen molar-refractivity contribution in [3.8, 4) is 0 Å². The number of thiocarbonyl (C=S) groups is 1. The number of hydrogen-bond acceptors (Lipinski definition) is 4. The van der Waals surface area contributed by atoms with Gasteiger partial charge in [-0.1, -0.05) is 12.2 Å². The summed E-state index contributed by atoms with van der Waals surface area (Å²) in [6, 6.07) is 5.78. The molecule has 0 atom stereocenters. The van der Waals surface area contributed by atoms with Gasteiger partial charge >= 0.3 is 0 Å². The molecule has 0 amide bonds. The monoisotopic (exact) mass is 341 g/mol. The van der Waals surface area contributed by atoms with E-state index in [1.165, 1.54) is 0 Å². The second-order valence-electron chi connectivity index (χ2n) is 3.80. The van der Waals surface area contributed by atoms with E-state index in [-0.39, 0.29) is 0 Å². The highest BCUT2D eigenvalue weighted by Crippen LogP contribution is 2.24. The van der Waals surface area contributed by atoms with Gasteiger partial charge in [-0.25, -0.2) is 4.98 Å². The van der Waals surface area contributed by atoms with Gasteiger partial charge in [0, 0.05) is 26.8 Å². The molecule has 3 nitrogen and oxygen atoms in total. The summed E-state index contributed by atoms with van der Waals surface area (Å²) in [7, 11) is 0. The number of hydrogen-bond donors (Lipinski definition) is 2. The molecule has 0 saturated carbocycles. The third kappa shape index (κ3) is 3.28. The average molecular weight is 342 g/mol. The number of halogens is 1. The van der Waals surface area contributed by atoms with Gasteiger partial charge in [0.15, 0.2) is 0 Å². The van der Waals surface area contributed by atoms with E-state index < -0.39 is 0 Å².